The van der Waals surface area contributed by atoms with Crippen LogP contribution in [0.25, 0.3) is 17.1 Å². The van der Waals surface area contributed by atoms with Crippen LogP contribution in [0.5, 0.6) is 0 Å². The SMILES string of the molecule is CNc1cc(Nc2cccn(-c3ncco3)c2=O)nc2c(C(=O)N[C@@H]3CC[C@H]3OC)noc12. The highest BCUT2D eigenvalue weighted by molar-refractivity contribution is 6.05. The number of hydrogen-bond acceptors (Lipinski definition) is 10. The van der Waals surface area contributed by atoms with Crippen molar-refractivity contribution < 1.29 is 18.5 Å². The normalized spacial score (nSPS) is 17.5. The molecule has 33 heavy (non-hydrogen) atoms. The summed E-state index contributed by atoms with van der Waals surface area (Å²) in [5, 5.41) is 12.9. The van der Waals surface area contributed by atoms with Gasteiger partial charge in [0.2, 0.25) is 5.58 Å². The maximum atomic E-state index is 12.9. The van der Waals surface area contributed by atoms with Crippen LogP contribution in [0.2, 0.25) is 0 Å². The number of nitrogens with zero attached hydrogens (tertiary/aromatic N) is 4. The molecular formula is C21H21N7O5. The molecule has 4 heterocycles. The predicted octanol–water partition coefficient (Wildman–Crippen LogP) is 2.05. The second-order valence-electron chi connectivity index (χ2n) is 7.48. The Bertz CT molecular complexity index is 1360. The van der Waals surface area contributed by atoms with Crippen LogP contribution in [0.15, 0.2) is 50.6 Å². The zero-order valence-electron chi connectivity index (χ0n) is 17.9. The van der Waals surface area contributed by atoms with Gasteiger partial charge < -0.3 is 29.6 Å². The van der Waals surface area contributed by atoms with Gasteiger partial charge in [-0.25, -0.2) is 14.5 Å². The van der Waals surface area contributed by atoms with E-state index >= 15 is 0 Å². The van der Waals surface area contributed by atoms with Gasteiger partial charge in [0.15, 0.2) is 5.69 Å². The van der Waals surface area contributed by atoms with Gasteiger partial charge in [-0.15, -0.1) is 0 Å². The fraction of sp³-hybridized carbons (Fsp3) is 0.286. The molecular weight excluding hydrogens is 430 g/mol. The van der Waals surface area contributed by atoms with Gasteiger partial charge in [-0.2, -0.15) is 0 Å². The number of hydrogen-bond donors (Lipinski definition) is 3. The fourth-order valence-corrected chi connectivity index (χ4v) is 3.69. The third-order valence-electron chi connectivity index (χ3n) is 5.58. The molecule has 1 aliphatic carbocycles. The quantitative estimate of drug-likeness (QED) is 0.381. The summed E-state index contributed by atoms with van der Waals surface area (Å²) in [4.78, 5) is 34.2. The van der Waals surface area contributed by atoms with Crippen LogP contribution in [0.1, 0.15) is 23.3 Å². The van der Waals surface area contributed by atoms with E-state index in [0.29, 0.717) is 17.1 Å². The van der Waals surface area contributed by atoms with Gasteiger partial charge in [0.1, 0.15) is 23.3 Å². The second kappa shape index (κ2) is 8.39. The summed E-state index contributed by atoms with van der Waals surface area (Å²) < 4.78 is 17.2. The molecule has 1 amide bonds. The Labute approximate surface area is 186 Å². The number of pyridine rings is 2. The van der Waals surface area contributed by atoms with Gasteiger partial charge in [-0.3, -0.25) is 9.59 Å². The molecule has 0 unspecified atom stereocenters. The lowest BCUT2D eigenvalue weighted by atomic mass is 9.89. The van der Waals surface area contributed by atoms with Gasteiger partial charge in [0.25, 0.3) is 11.5 Å². The monoisotopic (exact) mass is 451 g/mol. The van der Waals surface area contributed by atoms with Crippen LogP contribution < -0.4 is 21.5 Å². The highest BCUT2D eigenvalue weighted by atomic mass is 16.5. The van der Waals surface area contributed by atoms with Crippen LogP contribution in [0.3, 0.4) is 0 Å². The number of nitrogens with one attached hydrogen (secondary N) is 3. The Kier molecular flexibility index (Phi) is 5.26. The van der Waals surface area contributed by atoms with Crippen molar-refractivity contribution in [3.8, 4) is 6.01 Å². The summed E-state index contributed by atoms with van der Waals surface area (Å²) in [5.41, 5.74) is 1.05. The summed E-state index contributed by atoms with van der Waals surface area (Å²) in [6.07, 6.45) is 6.08. The third kappa shape index (κ3) is 3.69. The molecule has 4 aromatic heterocycles. The molecule has 0 radical (unpaired) electrons. The van der Waals surface area contributed by atoms with Crippen molar-refractivity contribution in [2.45, 2.75) is 25.0 Å². The van der Waals surface area contributed by atoms with E-state index in [9.17, 15) is 9.59 Å². The summed E-state index contributed by atoms with van der Waals surface area (Å²) >= 11 is 0. The van der Waals surface area contributed by atoms with Crippen LogP contribution in [0.4, 0.5) is 17.2 Å². The van der Waals surface area contributed by atoms with Crippen LogP contribution in [0, 0.1) is 0 Å². The molecule has 1 saturated carbocycles. The predicted molar refractivity (Wildman–Crippen MR) is 118 cm³/mol. The number of carbonyl (C=O) groups is 1. The van der Waals surface area contributed by atoms with E-state index in [1.54, 1.807) is 38.6 Å². The summed E-state index contributed by atoms with van der Waals surface area (Å²) in [6.45, 7) is 0. The Balaban J connectivity index is 1.48. The number of aromatic nitrogens is 4. The molecule has 0 aromatic carbocycles. The molecule has 0 aliphatic heterocycles. The minimum atomic E-state index is -0.404. The van der Waals surface area contributed by atoms with Crippen LogP contribution in [-0.2, 0) is 4.74 Å². The Morgan fingerprint density at radius 1 is 1.30 bits per heavy atom. The minimum absolute atomic E-state index is 0.0194. The molecule has 12 nitrogen and oxygen atoms in total. The van der Waals surface area contributed by atoms with Gasteiger partial charge >= 0.3 is 6.01 Å². The topological polar surface area (TPSA) is 149 Å². The number of methoxy groups -OCH3 is 1. The van der Waals surface area contributed by atoms with E-state index in [0.717, 1.165) is 12.8 Å². The maximum Gasteiger partial charge on any atom is 0.308 e. The Hall–Kier alpha value is -4.19. The van der Waals surface area contributed by atoms with E-state index in [1.807, 2.05) is 0 Å². The minimum Gasteiger partial charge on any atom is -0.432 e. The number of carbonyl (C=O) groups excluding carboxylic acids is 1. The number of anilines is 3. The first-order valence-corrected chi connectivity index (χ1v) is 10.3. The van der Waals surface area contributed by atoms with Crippen molar-refractivity contribution in [1.29, 1.82) is 0 Å². The third-order valence-corrected chi connectivity index (χ3v) is 5.58. The largest absolute Gasteiger partial charge is 0.432 e. The van der Waals surface area contributed by atoms with Crippen LogP contribution >= 0.6 is 0 Å². The molecule has 1 aliphatic rings. The van der Waals surface area contributed by atoms with Gasteiger partial charge in [-0.1, -0.05) is 5.16 Å². The molecule has 5 rings (SSSR count). The zero-order chi connectivity index (χ0) is 22.9. The molecule has 170 valence electrons. The van der Waals surface area contributed by atoms with Gasteiger partial charge in [0, 0.05) is 26.4 Å². The van der Waals surface area contributed by atoms with E-state index < -0.39 is 5.91 Å². The average Bonchev–Trinajstić information content (AvgIpc) is 3.48. The highest BCUT2D eigenvalue weighted by Gasteiger charge is 2.33. The number of ether oxygens (including phenoxy) is 1. The summed E-state index contributed by atoms with van der Waals surface area (Å²) in [7, 11) is 3.32. The van der Waals surface area contributed by atoms with Crippen molar-refractivity contribution in [3.63, 3.8) is 0 Å². The van der Waals surface area contributed by atoms with Crippen LogP contribution in [-0.4, -0.2) is 51.9 Å². The lowest BCUT2D eigenvalue weighted by Gasteiger charge is -2.35. The molecule has 2 atom stereocenters. The first-order chi connectivity index (χ1) is 16.1. The lowest BCUT2D eigenvalue weighted by Crippen LogP contribution is -2.51. The van der Waals surface area contributed by atoms with Crippen molar-refractivity contribution in [3.05, 3.63) is 52.9 Å². The number of fused-ring (bicyclic) bond motifs is 1. The summed E-state index contributed by atoms with van der Waals surface area (Å²) in [5.74, 6) is -0.0806. The molecule has 12 heteroatoms. The standard InChI is InChI=1S/C21H21N7O5/c1-22-13-10-15(24-12-4-3-8-28(20(12)30)21-23-7-9-32-21)26-16-17(27-33-18(13)16)19(29)25-11-5-6-14(11)31-2/h3-4,7-11,14H,5-6H2,1-2H3,(H,25,29)(H2,22,24,26)/t11-,14-/m1/s1. The summed E-state index contributed by atoms with van der Waals surface area (Å²) in [6, 6.07) is 5.00. The van der Waals surface area contributed by atoms with Gasteiger partial charge in [0.05, 0.1) is 24.0 Å². The zero-order valence-corrected chi connectivity index (χ0v) is 17.9. The molecule has 0 spiro atoms. The average molecular weight is 451 g/mol. The fourth-order valence-electron chi connectivity index (χ4n) is 3.69. The van der Waals surface area contributed by atoms with Crippen molar-refractivity contribution in [2.75, 3.05) is 24.8 Å². The van der Waals surface area contributed by atoms with E-state index in [1.165, 1.54) is 17.0 Å². The van der Waals surface area contributed by atoms with Crippen molar-refractivity contribution in [2.24, 2.45) is 0 Å². The van der Waals surface area contributed by atoms with E-state index in [-0.39, 0.29) is 40.6 Å². The van der Waals surface area contributed by atoms with Crippen molar-refractivity contribution in [1.82, 2.24) is 25.0 Å². The molecule has 0 saturated heterocycles. The molecule has 0 bridgehead atoms. The van der Waals surface area contributed by atoms with Crippen molar-refractivity contribution >= 4 is 34.2 Å². The lowest BCUT2D eigenvalue weighted by molar-refractivity contribution is 0.00718. The second-order valence-corrected chi connectivity index (χ2v) is 7.48. The smallest absolute Gasteiger partial charge is 0.308 e. The highest BCUT2D eigenvalue weighted by Crippen LogP contribution is 2.29. The van der Waals surface area contributed by atoms with E-state index in [2.05, 4.69) is 31.1 Å². The van der Waals surface area contributed by atoms with Gasteiger partial charge in [-0.05, 0) is 25.0 Å². The molecule has 1 fully saturated rings. The molecule has 3 N–H and O–H groups in total. The first-order valence-electron chi connectivity index (χ1n) is 10.3. The maximum absolute atomic E-state index is 12.9. The number of rotatable bonds is 7. The molecule has 4 aromatic rings. The number of oxazole rings is 1. The van der Waals surface area contributed by atoms with E-state index in [4.69, 9.17) is 13.7 Å². The first kappa shape index (κ1) is 20.7. The number of amides is 1. The Morgan fingerprint density at radius 3 is 2.88 bits per heavy atom. The Morgan fingerprint density at radius 2 is 2.18 bits per heavy atom.